The zero-order valence-corrected chi connectivity index (χ0v) is 9.64. The van der Waals surface area contributed by atoms with Gasteiger partial charge in [0.05, 0.1) is 6.26 Å². The van der Waals surface area contributed by atoms with E-state index >= 15 is 0 Å². The van der Waals surface area contributed by atoms with Crippen molar-refractivity contribution in [3.8, 4) is 11.6 Å². The molecule has 17 heavy (non-hydrogen) atoms. The number of fused-ring (bicyclic) bond motifs is 1. The van der Waals surface area contributed by atoms with Crippen molar-refractivity contribution < 1.29 is 4.42 Å². The summed E-state index contributed by atoms with van der Waals surface area (Å²) < 4.78 is 7.06. The Labute approximate surface area is 101 Å². The van der Waals surface area contributed by atoms with E-state index in [4.69, 9.17) is 21.8 Å². The summed E-state index contributed by atoms with van der Waals surface area (Å²) in [6.45, 7) is 0. The molecule has 0 radical (unpaired) electrons. The number of furan rings is 1. The summed E-state index contributed by atoms with van der Waals surface area (Å²) in [5, 5.41) is 0.237. The highest BCUT2D eigenvalue weighted by Crippen LogP contribution is 2.26. The van der Waals surface area contributed by atoms with Gasteiger partial charge in [0.25, 0.3) is 0 Å². The molecule has 0 fully saturated rings. The Kier molecular flexibility index (Phi) is 2.05. The van der Waals surface area contributed by atoms with Crippen molar-refractivity contribution in [1.82, 2.24) is 19.5 Å². The molecule has 0 aliphatic heterocycles. The number of nitrogen functional groups attached to an aromatic ring is 1. The standard InChI is InChI=1S/C10H8ClN5O/c1-16-8(5-3-2-4-17-5)13-6-7(11)14-10(12)15-9(6)16/h2-4H,1H3,(H2,12,14,15). The smallest absolute Gasteiger partial charge is 0.223 e. The van der Waals surface area contributed by atoms with Crippen molar-refractivity contribution in [3.63, 3.8) is 0 Å². The molecule has 0 aliphatic rings. The second kappa shape index (κ2) is 3.46. The average Bonchev–Trinajstić information content (AvgIpc) is 2.87. The molecule has 3 aromatic rings. The van der Waals surface area contributed by atoms with Crippen LogP contribution >= 0.6 is 11.6 Å². The van der Waals surface area contributed by atoms with E-state index in [2.05, 4.69) is 15.0 Å². The molecule has 0 saturated heterocycles. The molecule has 6 nitrogen and oxygen atoms in total. The number of imidazole rings is 1. The van der Waals surface area contributed by atoms with Crippen molar-refractivity contribution in [3.05, 3.63) is 23.5 Å². The first-order chi connectivity index (χ1) is 8.16. The third kappa shape index (κ3) is 1.45. The minimum Gasteiger partial charge on any atom is -0.461 e. The fourth-order valence-corrected chi connectivity index (χ4v) is 1.88. The highest BCUT2D eigenvalue weighted by Gasteiger charge is 2.16. The molecule has 3 aromatic heterocycles. The van der Waals surface area contributed by atoms with Gasteiger partial charge in [-0.25, -0.2) is 4.98 Å². The molecule has 0 unspecified atom stereocenters. The number of nitrogens with two attached hydrogens (primary N) is 1. The Morgan fingerprint density at radius 3 is 2.88 bits per heavy atom. The zero-order chi connectivity index (χ0) is 12.0. The van der Waals surface area contributed by atoms with Crippen LogP contribution < -0.4 is 5.73 Å². The predicted octanol–water partition coefficient (Wildman–Crippen LogP) is 1.86. The van der Waals surface area contributed by atoms with Gasteiger partial charge in [0.15, 0.2) is 22.4 Å². The first kappa shape index (κ1) is 10.1. The van der Waals surface area contributed by atoms with Crippen LogP contribution in [0.4, 0.5) is 5.95 Å². The number of aromatic nitrogens is 4. The first-order valence-corrected chi connectivity index (χ1v) is 5.24. The molecule has 0 saturated carbocycles. The van der Waals surface area contributed by atoms with E-state index in [1.54, 1.807) is 16.9 Å². The molecule has 0 aromatic carbocycles. The van der Waals surface area contributed by atoms with Gasteiger partial charge >= 0.3 is 0 Å². The fourth-order valence-electron chi connectivity index (χ4n) is 1.67. The molecule has 0 bridgehead atoms. The van der Waals surface area contributed by atoms with Crippen LogP contribution in [0.25, 0.3) is 22.7 Å². The van der Waals surface area contributed by atoms with Crippen molar-refractivity contribution >= 4 is 28.7 Å². The van der Waals surface area contributed by atoms with Gasteiger partial charge in [-0.1, -0.05) is 11.6 Å². The second-order valence-electron chi connectivity index (χ2n) is 3.52. The summed E-state index contributed by atoms with van der Waals surface area (Å²) in [5.74, 6) is 1.39. The second-order valence-corrected chi connectivity index (χ2v) is 3.87. The zero-order valence-electron chi connectivity index (χ0n) is 8.88. The number of hydrogen-bond acceptors (Lipinski definition) is 5. The van der Waals surface area contributed by atoms with E-state index in [1.165, 1.54) is 0 Å². The maximum Gasteiger partial charge on any atom is 0.223 e. The van der Waals surface area contributed by atoms with Crippen LogP contribution in [0.3, 0.4) is 0 Å². The largest absolute Gasteiger partial charge is 0.461 e. The molecule has 0 spiro atoms. The van der Waals surface area contributed by atoms with Gasteiger partial charge in [-0.2, -0.15) is 9.97 Å². The van der Waals surface area contributed by atoms with Crippen LogP contribution in [0.15, 0.2) is 22.8 Å². The van der Waals surface area contributed by atoms with Crippen LogP contribution in [-0.4, -0.2) is 19.5 Å². The normalized spacial score (nSPS) is 11.2. The van der Waals surface area contributed by atoms with Crippen LogP contribution in [0.2, 0.25) is 5.15 Å². The lowest BCUT2D eigenvalue weighted by atomic mass is 10.4. The molecular weight excluding hydrogens is 242 g/mol. The van der Waals surface area contributed by atoms with Gasteiger partial charge in [0, 0.05) is 7.05 Å². The first-order valence-electron chi connectivity index (χ1n) is 4.86. The Hall–Kier alpha value is -2.08. The lowest BCUT2D eigenvalue weighted by Gasteiger charge is -1.98. The number of rotatable bonds is 1. The van der Waals surface area contributed by atoms with Crippen LogP contribution in [0.5, 0.6) is 0 Å². The van der Waals surface area contributed by atoms with Gasteiger partial charge in [0.2, 0.25) is 5.95 Å². The Bertz CT molecular complexity index is 688. The molecule has 0 atom stereocenters. The predicted molar refractivity (Wildman–Crippen MR) is 63.4 cm³/mol. The quantitative estimate of drug-likeness (QED) is 0.666. The lowest BCUT2D eigenvalue weighted by Crippen LogP contribution is -1.98. The highest BCUT2D eigenvalue weighted by atomic mass is 35.5. The van der Waals surface area contributed by atoms with Crippen LogP contribution in [0.1, 0.15) is 0 Å². The highest BCUT2D eigenvalue weighted by molar-refractivity contribution is 6.33. The Balaban J connectivity index is 2.36. The number of hydrogen-bond donors (Lipinski definition) is 1. The molecular formula is C10H8ClN5O. The monoisotopic (exact) mass is 249 g/mol. The lowest BCUT2D eigenvalue weighted by molar-refractivity contribution is 0.574. The molecule has 2 N–H and O–H groups in total. The van der Waals surface area contributed by atoms with Gasteiger partial charge in [-0.3, -0.25) is 0 Å². The molecule has 0 aliphatic carbocycles. The Morgan fingerprint density at radius 1 is 1.35 bits per heavy atom. The van der Waals surface area contributed by atoms with Crippen molar-refractivity contribution in [2.24, 2.45) is 7.05 Å². The van der Waals surface area contributed by atoms with Crippen LogP contribution in [-0.2, 0) is 7.05 Å². The summed E-state index contributed by atoms with van der Waals surface area (Å²) in [4.78, 5) is 12.3. The summed E-state index contributed by atoms with van der Waals surface area (Å²) in [6, 6.07) is 3.60. The van der Waals surface area contributed by atoms with Crippen molar-refractivity contribution in [1.29, 1.82) is 0 Å². The third-order valence-corrected chi connectivity index (χ3v) is 2.70. The molecule has 0 amide bonds. The number of halogens is 1. The maximum atomic E-state index is 5.97. The van der Waals surface area contributed by atoms with Crippen molar-refractivity contribution in [2.75, 3.05) is 5.73 Å². The van der Waals surface area contributed by atoms with E-state index in [9.17, 15) is 0 Å². The average molecular weight is 250 g/mol. The van der Waals surface area contributed by atoms with E-state index in [0.717, 1.165) is 0 Å². The number of anilines is 1. The summed E-state index contributed by atoms with van der Waals surface area (Å²) >= 11 is 5.97. The third-order valence-electron chi connectivity index (χ3n) is 2.44. The van der Waals surface area contributed by atoms with E-state index in [0.29, 0.717) is 22.7 Å². The van der Waals surface area contributed by atoms with E-state index < -0.39 is 0 Å². The number of nitrogens with zero attached hydrogens (tertiary/aromatic N) is 4. The van der Waals surface area contributed by atoms with Crippen molar-refractivity contribution in [2.45, 2.75) is 0 Å². The van der Waals surface area contributed by atoms with Gasteiger partial charge < -0.3 is 14.7 Å². The summed E-state index contributed by atoms with van der Waals surface area (Å²) in [6.07, 6.45) is 1.58. The summed E-state index contributed by atoms with van der Waals surface area (Å²) in [5.41, 5.74) is 6.64. The van der Waals surface area contributed by atoms with Gasteiger partial charge in [-0.15, -0.1) is 0 Å². The van der Waals surface area contributed by atoms with Crippen LogP contribution in [0, 0.1) is 0 Å². The minimum atomic E-state index is 0.122. The molecule has 7 heteroatoms. The van der Waals surface area contributed by atoms with E-state index in [1.807, 2.05) is 13.1 Å². The maximum absolute atomic E-state index is 5.97. The minimum absolute atomic E-state index is 0.122. The van der Waals surface area contributed by atoms with Gasteiger partial charge in [0.1, 0.15) is 5.52 Å². The topological polar surface area (TPSA) is 82.8 Å². The van der Waals surface area contributed by atoms with E-state index in [-0.39, 0.29) is 11.1 Å². The number of aryl methyl sites for hydroxylation is 1. The molecule has 86 valence electrons. The Morgan fingerprint density at radius 2 is 2.18 bits per heavy atom. The molecule has 3 rings (SSSR count). The molecule has 3 heterocycles. The fraction of sp³-hybridized carbons (Fsp3) is 0.100. The van der Waals surface area contributed by atoms with Gasteiger partial charge in [-0.05, 0) is 12.1 Å². The SMILES string of the molecule is Cn1c(-c2ccco2)nc2c(Cl)nc(N)nc21. The summed E-state index contributed by atoms with van der Waals surface area (Å²) in [7, 11) is 1.82.